The van der Waals surface area contributed by atoms with E-state index in [0.29, 0.717) is 43.0 Å². The number of anilines is 2. The minimum Gasteiger partial charge on any atom is -0.497 e. The molecule has 1 aliphatic rings. The molecule has 7 heteroatoms. The van der Waals surface area contributed by atoms with Crippen LogP contribution in [0.15, 0.2) is 72.8 Å². The lowest BCUT2D eigenvalue weighted by Crippen LogP contribution is -2.44. The van der Waals surface area contributed by atoms with Gasteiger partial charge in [-0.05, 0) is 79.1 Å². The van der Waals surface area contributed by atoms with Gasteiger partial charge in [-0.3, -0.25) is 9.59 Å². The number of ether oxygens (including phenoxy) is 2. The molecule has 0 bridgehead atoms. The van der Waals surface area contributed by atoms with E-state index in [1.165, 1.54) is 24.3 Å². The summed E-state index contributed by atoms with van der Waals surface area (Å²) in [4.78, 5) is 25.9. The lowest BCUT2D eigenvalue weighted by atomic mass is 9.73. The van der Waals surface area contributed by atoms with E-state index in [1.54, 1.807) is 31.4 Å². The van der Waals surface area contributed by atoms with Crippen LogP contribution in [0.25, 0.3) is 0 Å². The van der Waals surface area contributed by atoms with Crippen molar-refractivity contribution >= 4 is 23.2 Å². The summed E-state index contributed by atoms with van der Waals surface area (Å²) in [6, 6.07) is 19.8. The Balaban J connectivity index is 1.48. The summed E-state index contributed by atoms with van der Waals surface area (Å²) in [5, 5.41) is 5.72. The molecule has 0 radical (unpaired) electrons. The maximum absolute atomic E-state index is 13.4. The molecular weight excluding hydrogens is 423 g/mol. The molecule has 0 unspecified atom stereocenters. The monoisotopic (exact) mass is 448 g/mol. The summed E-state index contributed by atoms with van der Waals surface area (Å²) >= 11 is 0. The normalized spacial score (nSPS) is 14.8. The van der Waals surface area contributed by atoms with Crippen molar-refractivity contribution in [1.29, 1.82) is 0 Å². The maximum atomic E-state index is 13.4. The van der Waals surface area contributed by atoms with Crippen LogP contribution >= 0.6 is 0 Å². The molecule has 0 atom stereocenters. The molecule has 0 aliphatic carbocycles. The van der Waals surface area contributed by atoms with Crippen molar-refractivity contribution in [2.24, 2.45) is 0 Å². The van der Waals surface area contributed by atoms with Gasteiger partial charge in [0.2, 0.25) is 5.91 Å². The first kappa shape index (κ1) is 22.5. The van der Waals surface area contributed by atoms with Crippen LogP contribution in [0.2, 0.25) is 0 Å². The number of methoxy groups -OCH3 is 1. The molecule has 1 aliphatic heterocycles. The third-order valence-electron chi connectivity index (χ3n) is 5.93. The van der Waals surface area contributed by atoms with E-state index in [0.717, 1.165) is 11.3 Å². The second kappa shape index (κ2) is 9.83. The van der Waals surface area contributed by atoms with E-state index >= 15 is 0 Å². The van der Waals surface area contributed by atoms with Crippen molar-refractivity contribution in [2.45, 2.75) is 18.3 Å². The zero-order valence-electron chi connectivity index (χ0n) is 18.3. The zero-order chi connectivity index (χ0) is 23.3. The Labute approximate surface area is 191 Å². The van der Waals surface area contributed by atoms with Gasteiger partial charge in [0, 0.05) is 30.2 Å². The molecule has 6 nitrogen and oxygen atoms in total. The molecule has 0 saturated carbocycles. The predicted molar refractivity (Wildman–Crippen MR) is 124 cm³/mol. The number of carbonyl (C=O) groups is 2. The van der Waals surface area contributed by atoms with E-state index in [-0.39, 0.29) is 17.6 Å². The van der Waals surface area contributed by atoms with Crippen LogP contribution < -0.4 is 15.4 Å². The number of hydrogen-bond acceptors (Lipinski definition) is 4. The summed E-state index contributed by atoms with van der Waals surface area (Å²) in [5.74, 6) is -0.0704. The molecule has 0 aromatic heterocycles. The van der Waals surface area contributed by atoms with Crippen LogP contribution in [0.1, 0.15) is 28.8 Å². The van der Waals surface area contributed by atoms with Crippen molar-refractivity contribution in [3.63, 3.8) is 0 Å². The number of hydrogen-bond donors (Lipinski definition) is 2. The number of nitrogens with one attached hydrogen (secondary N) is 2. The standard InChI is InChI=1S/C26H25FN2O4/c1-32-23-12-4-19(5-13-23)26(14-16-33-17-15-26)25(31)29-22-8-2-18(3-9-22)24(30)28-21-10-6-20(27)7-11-21/h2-13H,14-17H2,1H3,(H,28,30)(H,29,31). The highest BCUT2D eigenvalue weighted by Crippen LogP contribution is 2.37. The van der Waals surface area contributed by atoms with E-state index in [1.807, 2.05) is 24.3 Å². The quantitative estimate of drug-likeness (QED) is 0.569. The smallest absolute Gasteiger partial charge is 0.255 e. The van der Waals surface area contributed by atoms with Crippen LogP contribution in [-0.4, -0.2) is 32.1 Å². The average molecular weight is 448 g/mol. The van der Waals surface area contributed by atoms with E-state index in [9.17, 15) is 14.0 Å². The molecule has 4 rings (SSSR count). The first-order chi connectivity index (χ1) is 16.0. The number of halogens is 1. The molecule has 1 fully saturated rings. The third-order valence-corrected chi connectivity index (χ3v) is 5.93. The Morgan fingerprint density at radius 2 is 1.42 bits per heavy atom. The van der Waals surface area contributed by atoms with Crippen LogP contribution in [-0.2, 0) is 14.9 Å². The summed E-state index contributed by atoms with van der Waals surface area (Å²) in [6.07, 6.45) is 1.15. The highest BCUT2D eigenvalue weighted by Gasteiger charge is 2.41. The fourth-order valence-electron chi connectivity index (χ4n) is 3.97. The summed E-state index contributed by atoms with van der Waals surface area (Å²) in [6.45, 7) is 1.00. The van der Waals surface area contributed by atoms with Crippen molar-refractivity contribution in [1.82, 2.24) is 0 Å². The van der Waals surface area contributed by atoms with Crippen LogP contribution in [0, 0.1) is 5.82 Å². The number of benzene rings is 3. The minimum absolute atomic E-state index is 0.112. The van der Waals surface area contributed by atoms with Crippen molar-refractivity contribution in [3.05, 3.63) is 89.7 Å². The molecule has 2 N–H and O–H groups in total. The molecule has 33 heavy (non-hydrogen) atoms. The number of carbonyl (C=O) groups excluding carboxylic acids is 2. The van der Waals surface area contributed by atoms with Gasteiger partial charge in [-0.15, -0.1) is 0 Å². The number of amides is 2. The first-order valence-corrected chi connectivity index (χ1v) is 10.7. The Hall–Kier alpha value is -3.71. The summed E-state index contributed by atoms with van der Waals surface area (Å²) < 4.78 is 23.8. The fraction of sp³-hybridized carbons (Fsp3) is 0.231. The van der Waals surface area contributed by atoms with Crippen LogP contribution in [0.4, 0.5) is 15.8 Å². The average Bonchev–Trinajstić information content (AvgIpc) is 2.86. The minimum atomic E-state index is -0.705. The number of rotatable bonds is 6. The second-order valence-corrected chi connectivity index (χ2v) is 7.92. The van der Waals surface area contributed by atoms with Crippen LogP contribution in [0.3, 0.4) is 0 Å². The molecule has 1 heterocycles. The zero-order valence-corrected chi connectivity index (χ0v) is 18.3. The molecule has 2 amide bonds. The van der Waals surface area contributed by atoms with Gasteiger partial charge >= 0.3 is 0 Å². The van der Waals surface area contributed by atoms with Crippen molar-refractivity contribution in [2.75, 3.05) is 31.0 Å². The molecule has 0 spiro atoms. The molecule has 3 aromatic carbocycles. The predicted octanol–water partition coefficient (Wildman–Crippen LogP) is 4.77. The highest BCUT2D eigenvalue weighted by molar-refractivity contribution is 6.05. The highest BCUT2D eigenvalue weighted by atomic mass is 19.1. The van der Waals surface area contributed by atoms with E-state index in [2.05, 4.69) is 10.6 Å². The van der Waals surface area contributed by atoms with Crippen molar-refractivity contribution < 1.29 is 23.5 Å². The Morgan fingerprint density at radius 1 is 0.848 bits per heavy atom. The Morgan fingerprint density at radius 3 is 2.03 bits per heavy atom. The Kier molecular flexibility index (Phi) is 6.70. The van der Waals surface area contributed by atoms with Gasteiger partial charge in [-0.2, -0.15) is 0 Å². The summed E-state index contributed by atoms with van der Waals surface area (Å²) in [5.41, 5.74) is 1.73. The molecule has 170 valence electrons. The molecular formula is C26H25FN2O4. The topological polar surface area (TPSA) is 76.7 Å². The molecule has 1 saturated heterocycles. The van der Waals surface area contributed by atoms with Crippen molar-refractivity contribution in [3.8, 4) is 5.75 Å². The lowest BCUT2D eigenvalue weighted by Gasteiger charge is -2.36. The van der Waals surface area contributed by atoms with Gasteiger partial charge in [0.1, 0.15) is 11.6 Å². The first-order valence-electron chi connectivity index (χ1n) is 10.7. The lowest BCUT2D eigenvalue weighted by molar-refractivity contribution is -0.125. The SMILES string of the molecule is COc1ccc(C2(C(=O)Nc3ccc(C(=O)Nc4ccc(F)cc4)cc3)CCOCC2)cc1. The summed E-state index contributed by atoms with van der Waals surface area (Å²) in [7, 11) is 1.61. The van der Waals surface area contributed by atoms with Gasteiger partial charge in [0.15, 0.2) is 0 Å². The van der Waals surface area contributed by atoms with E-state index in [4.69, 9.17) is 9.47 Å². The van der Waals surface area contributed by atoms with Crippen LogP contribution in [0.5, 0.6) is 5.75 Å². The van der Waals surface area contributed by atoms with Gasteiger partial charge in [-0.25, -0.2) is 4.39 Å². The Bertz CT molecular complexity index is 1110. The van der Waals surface area contributed by atoms with E-state index < -0.39 is 5.41 Å². The fourth-order valence-corrected chi connectivity index (χ4v) is 3.97. The van der Waals surface area contributed by atoms with Gasteiger partial charge in [-0.1, -0.05) is 12.1 Å². The maximum Gasteiger partial charge on any atom is 0.255 e. The molecule has 3 aromatic rings. The second-order valence-electron chi connectivity index (χ2n) is 7.92. The van der Waals surface area contributed by atoms with Gasteiger partial charge < -0.3 is 20.1 Å². The van der Waals surface area contributed by atoms with Gasteiger partial charge in [0.05, 0.1) is 12.5 Å². The van der Waals surface area contributed by atoms with Gasteiger partial charge in [0.25, 0.3) is 5.91 Å². The third kappa shape index (κ3) is 5.04. The largest absolute Gasteiger partial charge is 0.497 e.